The van der Waals surface area contributed by atoms with E-state index < -0.39 is 5.91 Å². The van der Waals surface area contributed by atoms with E-state index in [1.54, 1.807) is 16.2 Å². The lowest BCUT2D eigenvalue weighted by atomic mass is 10.0. The molecule has 150 valence electrons. The molecule has 0 atom stereocenters. The van der Waals surface area contributed by atoms with Crippen LogP contribution in [0.1, 0.15) is 20.9 Å². The van der Waals surface area contributed by atoms with Gasteiger partial charge in [0.15, 0.2) is 0 Å². The Morgan fingerprint density at radius 2 is 1.90 bits per heavy atom. The average molecular weight is 436 g/mol. The zero-order valence-corrected chi connectivity index (χ0v) is 17.3. The van der Waals surface area contributed by atoms with E-state index in [0.717, 1.165) is 32.8 Å². The number of urea groups is 1. The fourth-order valence-electron chi connectivity index (χ4n) is 3.71. The Kier molecular flexibility index (Phi) is 4.41. The van der Waals surface area contributed by atoms with E-state index in [-0.39, 0.29) is 6.03 Å². The molecule has 7 nitrogen and oxygen atoms in total. The first-order valence-electron chi connectivity index (χ1n) is 9.21. The minimum absolute atomic E-state index is 0.189. The largest absolute Gasteiger partial charge is 0.397 e. The molecule has 0 radical (unpaired) electrons. The van der Waals surface area contributed by atoms with Gasteiger partial charge >= 0.3 is 6.03 Å². The maximum atomic E-state index is 12.8. The summed E-state index contributed by atoms with van der Waals surface area (Å²) in [4.78, 5) is 33.1. The van der Waals surface area contributed by atoms with Crippen molar-refractivity contribution in [3.8, 4) is 10.4 Å². The highest BCUT2D eigenvalue weighted by Crippen LogP contribution is 2.45. The summed E-state index contributed by atoms with van der Waals surface area (Å²) < 4.78 is 0. The quantitative estimate of drug-likeness (QED) is 0.446. The number of hydrogen-bond acceptors (Lipinski definition) is 6. The standard InChI is InChI=1S/C21H17N5O2S2/c22-17-16-15(14-7-4-8-29-14)12-9-26(21(28)24-11-5-2-1-3-6-11)10-13(12)25-20(16)30-18(17)19(23)27/h1-8H,9-10,22H2,(H2,23,27)(H,24,28). The van der Waals surface area contributed by atoms with Crippen LogP contribution in [0, 0.1) is 0 Å². The highest BCUT2D eigenvalue weighted by atomic mass is 32.1. The Labute approximate surface area is 179 Å². The molecule has 0 saturated carbocycles. The minimum Gasteiger partial charge on any atom is -0.397 e. The molecule has 3 amide bonds. The predicted octanol–water partition coefficient (Wildman–Crippen LogP) is 4.25. The molecular formula is C21H17N5O2S2. The summed E-state index contributed by atoms with van der Waals surface area (Å²) in [5, 5.41) is 5.65. The van der Waals surface area contributed by atoms with Crippen molar-refractivity contribution in [3.05, 3.63) is 64.0 Å². The van der Waals surface area contributed by atoms with Gasteiger partial charge in [-0.1, -0.05) is 24.3 Å². The number of nitrogens with zero attached hydrogens (tertiary/aromatic N) is 2. The van der Waals surface area contributed by atoms with Gasteiger partial charge in [0.25, 0.3) is 5.91 Å². The number of aromatic nitrogens is 1. The molecule has 30 heavy (non-hydrogen) atoms. The number of anilines is 2. The number of carbonyl (C=O) groups is 2. The van der Waals surface area contributed by atoms with Crippen molar-refractivity contribution < 1.29 is 9.59 Å². The van der Waals surface area contributed by atoms with Crippen molar-refractivity contribution in [3.63, 3.8) is 0 Å². The Bertz CT molecular complexity index is 1280. The van der Waals surface area contributed by atoms with E-state index in [4.69, 9.17) is 16.5 Å². The second kappa shape index (κ2) is 7.12. The van der Waals surface area contributed by atoms with Crippen molar-refractivity contribution in [1.29, 1.82) is 0 Å². The molecule has 1 aliphatic heterocycles. The van der Waals surface area contributed by atoms with Crippen LogP contribution in [-0.2, 0) is 13.1 Å². The van der Waals surface area contributed by atoms with Gasteiger partial charge in [0, 0.05) is 27.1 Å². The van der Waals surface area contributed by atoms with Gasteiger partial charge in [-0.25, -0.2) is 9.78 Å². The zero-order valence-electron chi connectivity index (χ0n) is 15.7. The van der Waals surface area contributed by atoms with Crippen molar-refractivity contribution >= 4 is 56.2 Å². The third kappa shape index (κ3) is 2.99. The van der Waals surface area contributed by atoms with E-state index in [9.17, 15) is 9.59 Å². The van der Waals surface area contributed by atoms with Gasteiger partial charge in [0.05, 0.1) is 24.5 Å². The maximum absolute atomic E-state index is 12.8. The first-order valence-corrected chi connectivity index (χ1v) is 10.9. The van der Waals surface area contributed by atoms with Crippen LogP contribution in [0.2, 0.25) is 0 Å². The summed E-state index contributed by atoms with van der Waals surface area (Å²) in [7, 11) is 0. The number of pyridine rings is 1. The molecule has 1 aromatic carbocycles. The second-order valence-corrected chi connectivity index (χ2v) is 8.88. The lowest BCUT2D eigenvalue weighted by Gasteiger charge is -2.16. The second-order valence-electron chi connectivity index (χ2n) is 6.93. The number of amides is 3. The number of rotatable bonds is 3. The number of nitrogens with two attached hydrogens (primary N) is 2. The molecule has 0 spiro atoms. The fourth-order valence-corrected chi connectivity index (χ4v) is 5.49. The van der Waals surface area contributed by atoms with Crippen molar-refractivity contribution in [2.75, 3.05) is 11.1 Å². The van der Waals surface area contributed by atoms with Gasteiger partial charge in [0.1, 0.15) is 9.71 Å². The van der Waals surface area contributed by atoms with Gasteiger partial charge in [-0.2, -0.15) is 0 Å². The summed E-state index contributed by atoms with van der Waals surface area (Å²) in [6.07, 6.45) is 0. The lowest BCUT2D eigenvalue weighted by molar-refractivity contribution is 0.100. The summed E-state index contributed by atoms with van der Waals surface area (Å²) >= 11 is 2.78. The van der Waals surface area contributed by atoms with E-state index in [1.807, 2.05) is 47.8 Å². The van der Waals surface area contributed by atoms with Crippen LogP contribution in [0.5, 0.6) is 0 Å². The fraction of sp³-hybridized carbons (Fsp3) is 0.0952. The SMILES string of the molecule is NC(=O)c1sc2nc3c(c(-c4cccs4)c2c1N)CN(C(=O)Nc1ccccc1)C3. The topological polar surface area (TPSA) is 114 Å². The van der Waals surface area contributed by atoms with Gasteiger partial charge in [-0.15, -0.1) is 22.7 Å². The number of carbonyl (C=O) groups excluding carboxylic acids is 2. The zero-order chi connectivity index (χ0) is 20.8. The van der Waals surface area contributed by atoms with Crippen LogP contribution >= 0.6 is 22.7 Å². The lowest BCUT2D eigenvalue weighted by Crippen LogP contribution is -2.30. The van der Waals surface area contributed by atoms with Crippen LogP contribution in [0.15, 0.2) is 47.8 Å². The smallest absolute Gasteiger partial charge is 0.322 e. The Morgan fingerprint density at radius 3 is 2.60 bits per heavy atom. The normalized spacial score (nSPS) is 12.9. The minimum atomic E-state index is -0.559. The number of fused-ring (bicyclic) bond motifs is 2. The van der Waals surface area contributed by atoms with Crippen LogP contribution in [0.25, 0.3) is 20.7 Å². The van der Waals surface area contributed by atoms with E-state index in [0.29, 0.717) is 28.5 Å². The first-order chi connectivity index (χ1) is 14.5. The van der Waals surface area contributed by atoms with Crippen molar-refractivity contribution in [2.45, 2.75) is 13.1 Å². The van der Waals surface area contributed by atoms with Gasteiger partial charge in [0.2, 0.25) is 0 Å². The van der Waals surface area contributed by atoms with E-state index in [2.05, 4.69) is 5.32 Å². The molecule has 5 rings (SSSR count). The molecule has 0 saturated heterocycles. The summed E-state index contributed by atoms with van der Waals surface area (Å²) in [6.45, 7) is 0.789. The molecule has 5 N–H and O–H groups in total. The molecule has 0 bridgehead atoms. The number of benzene rings is 1. The average Bonchev–Trinajstić information content (AvgIpc) is 3.46. The van der Waals surface area contributed by atoms with E-state index >= 15 is 0 Å². The van der Waals surface area contributed by atoms with Gasteiger partial charge in [-0.3, -0.25) is 4.79 Å². The number of para-hydroxylation sites is 1. The molecule has 3 aromatic heterocycles. The van der Waals surface area contributed by atoms with Crippen LogP contribution in [0.4, 0.5) is 16.2 Å². The van der Waals surface area contributed by atoms with Crippen molar-refractivity contribution in [1.82, 2.24) is 9.88 Å². The molecular weight excluding hydrogens is 418 g/mol. The molecule has 1 aliphatic rings. The third-order valence-corrected chi connectivity index (χ3v) is 7.06. The Morgan fingerprint density at radius 1 is 1.10 bits per heavy atom. The molecule has 0 aliphatic carbocycles. The highest BCUT2D eigenvalue weighted by Gasteiger charge is 2.31. The summed E-state index contributed by atoms with van der Waals surface area (Å²) in [5.41, 5.74) is 15.6. The number of thiophene rings is 2. The molecule has 0 fully saturated rings. The number of hydrogen-bond donors (Lipinski definition) is 3. The van der Waals surface area contributed by atoms with Gasteiger partial charge in [-0.05, 0) is 23.6 Å². The number of primary amides is 1. The molecule has 9 heteroatoms. The molecule has 4 aromatic rings. The maximum Gasteiger partial charge on any atom is 0.322 e. The third-order valence-electron chi connectivity index (χ3n) is 5.06. The summed E-state index contributed by atoms with van der Waals surface area (Å²) in [6, 6.07) is 13.1. The summed E-state index contributed by atoms with van der Waals surface area (Å²) in [5.74, 6) is -0.559. The monoisotopic (exact) mass is 435 g/mol. The number of nitrogen functional groups attached to an aromatic ring is 1. The predicted molar refractivity (Wildman–Crippen MR) is 121 cm³/mol. The van der Waals surface area contributed by atoms with Crippen LogP contribution in [-0.4, -0.2) is 21.8 Å². The molecule has 4 heterocycles. The van der Waals surface area contributed by atoms with E-state index in [1.165, 1.54) is 11.3 Å². The molecule has 0 unspecified atom stereocenters. The Balaban J connectivity index is 1.59. The van der Waals surface area contributed by atoms with Crippen LogP contribution in [0.3, 0.4) is 0 Å². The number of nitrogens with one attached hydrogen (secondary N) is 1. The van der Waals surface area contributed by atoms with Gasteiger partial charge < -0.3 is 21.7 Å². The van der Waals surface area contributed by atoms with Crippen LogP contribution < -0.4 is 16.8 Å². The van der Waals surface area contributed by atoms with Crippen molar-refractivity contribution in [2.24, 2.45) is 5.73 Å². The Hall–Kier alpha value is -3.43. The first kappa shape index (κ1) is 18.6. The highest BCUT2D eigenvalue weighted by molar-refractivity contribution is 7.21.